The molecule has 0 fully saturated rings. The standard InChI is InChI=1S/C15H15F2NOS2/c1-9-8-12(10-6-7-20-14(10)21-9)18-11-4-2-3-5-13(11)19-15(16)17/h2-7,9,12,15,18H,8H2,1H3/t9-,12?/m0/s1. The predicted octanol–water partition coefficient (Wildman–Crippen LogP) is 5.39. The van der Waals surface area contributed by atoms with Crippen LogP contribution in [0.4, 0.5) is 14.5 Å². The summed E-state index contributed by atoms with van der Waals surface area (Å²) in [6.45, 7) is -0.630. The molecule has 1 aromatic carbocycles. The Balaban J connectivity index is 1.85. The third-order valence-corrected chi connectivity index (χ3v) is 5.69. The molecular weight excluding hydrogens is 312 g/mol. The van der Waals surface area contributed by atoms with Crippen molar-refractivity contribution in [3.05, 3.63) is 41.3 Å². The monoisotopic (exact) mass is 327 g/mol. The van der Waals surface area contributed by atoms with Crippen molar-refractivity contribution in [3.63, 3.8) is 0 Å². The number of hydrogen-bond acceptors (Lipinski definition) is 4. The fraction of sp³-hybridized carbons (Fsp3) is 0.333. The van der Waals surface area contributed by atoms with Gasteiger partial charge in [-0.05, 0) is 35.6 Å². The van der Waals surface area contributed by atoms with Crippen molar-refractivity contribution in [2.24, 2.45) is 0 Å². The lowest BCUT2D eigenvalue weighted by Gasteiger charge is -2.29. The fourth-order valence-corrected chi connectivity index (χ4v) is 5.03. The molecule has 3 rings (SSSR count). The number of hydrogen-bond donors (Lipinski definition) is 1. The molecule has 1 aliphatic rings. The van der Waals surface area contributed by atoms with E-state index in [-0.39, 0.29) is 11.8 Å². The van der Waals surface area contributed by atoms with E-state index in [0.717, 1.165) is 6.42 Å². The molecule has 1 N–H and O–H groups in total. The summed E-state index contributed by atoms with van der Waals surface area (Å²) in [5.41, 5.74) is 1.86. The minimum atomic E-state index is -2.81. The number of anilines is 1. The minimum absolute atomic E-state index is 0.130. The van der Waals surface area contributed by atoms with Crippen LogP contribution in [0.2, 0.25) is 0 Å². The van der Waals surface area contributed by atoms with Crippen molar-refractivity contribution in [1.29, 1.82) is 0 Å². The summed E-state index contributed by atoms with van der Waals surface area (Å²) in [5, 5.41) is 5.93. The molecule has 2 atom stereocenters. The second-order valence-corrected chi connectivity index (χ2v) is 7.52. The highest BCUT2D eigenvalue weighted by Gasteiger charge is 2.27. The number of nitrogens with one attached hydrogen (secondary N) is 1. The van der Waals surface area contributed by atoms with E-state index in [4.69, 9.17) is 0 Å². The van der Waals surface area contributed by atoms with Gasteiger partial charge in [-0.3, -0.25) is 0 Å². The molecule has 0 aliphatic carbocycles. The minimum Gasteiger partial charge on any atom is -0.433 e. The maximum atomic E-state index is 12.5. The van der Waals surface area contributed by atoms with Gasteiger partial charge < -0.3 is 10.1 Å². The predicted molar refractivity (Wildman–Crippen MR) is 83.7 cm³/mol. The third kappa shape index (κ3) is 3.32. The summed E-state index contributed by atoms with van der Waals surface area (Å²) in [5.74, 6) is 0.190. The van der Waals surface area contributed by atoms with Gasteiger partial charge in [-0.1, -0.05) is 19.1 Å². The van der Waals surface area contributed by atoms with E-state index in [9.17, 15) is 8.78 Å². The highest BCUT2D eigenvalue weighted by molar-refractivity contribution is 8.01. The number of thiophene rings is 1. The molecule has 0 bridgehead atoms. The van der Waals surface area contributed by atoms with E-state index in [1.165, 1.54) is 9.77 Å². The average molecular weight is 327 g/mol. The molecule has 1 unspecified atom stereocenters. The van der Waals surface area contributed by atoms with Crippen LogP contribution in [0.5, 0.6) is 5.75 Å². The zero-order chi connectivity index (χ0) is 14.8. The summed E-state index contributed by atoms with van der Waals surface area (Å²) < 4.78 is 30.8. The summed E-state index contributed by atoms with van der Waals surface area (Å²) >= 11 is 3.60. The molecule has 6 heteroatoms. The molecule has 2 heterocycles. The first-order chi connectivity index (χ1) is 10.1. The molecule has 2 nitrogen and oxygen atoms in total. The molecule has 2 aromatic rings. The van der Waals surface area contributed by atoms with Crippen LogP contribution in [0.15, 0.2) is 39.9 Å². The average Bonchev–Trinajstić information content (AvgIpc) is 2.88. The van der Waals surface area contributed by atoms with Gasteiger partial charge in [0.2, 0.25) is 0 Å². The molecule has 0 amide bonds. The molecular formula is C15H15F2NOS2. The van der Waals surface area contributed by atoms with Crippen molar-refractivity contribution in [2.75, 3.05) is 5.32 Å². The number of para-hydroxylation sites is 2. The lowest BCUT2D eigenvalue weighted by molar-refractivity contribution is -0.0493. The Bertz CT molecular complexity index is 617. The van der Waals surface area contributed by atoms with Gasteiger partial charge in [0, 0.05) is 5.25 Å². The zero-order valence-corrected chi connectivity index (χ0v) is 13.0. The zero-order valence-electron chi connectivity index (χ0n) is 11.4. The molecule has 0 saturated heterocycles. The molecule has 112 valence electrons. The first-order valence-corrected chi connectivity index (χ1v) is 8.44. The first-order valence-electron chi connectivity index (χ1n) is 6.68. The molecule has 21 heavy (non-hydrogen) atoms. The number of fused-ring (bicyclic) bond motifs is 1. The largest absolute Gasteiger partial charge is 0.433 e. The van der Waals surface area contributed by atoms with Crippen LogP contribution in [0.25, 0.3) is 0 Å². The van der Waals surface area contributed by atoms with Gasteiger partial charge in [0.25, 0.3) is 0 Å². The van der Waals surface area contributed by atoms with Crippen molar-refractivity contribution >= 4 is 28.8 Å². The van der Waals surface area contributed by atoms with E-state index in [2.05, 4.69) is 28.4 Å². The Morgan fingerprint density at radius 3 is 2.90 bits per heavy atom. The Morgan fingerprint density at radius 1 is 1.29 bits per heavy atom. The molecule has 1 aliphatic heterocycles. The van der Waals surface area contributed by atoms with E-state index < -0.39 is 6.61 Å². The van der Waals surface area contributed by atoms with Crippen LogP contribution >= 0.6 is 23.1 Å². The van der Waals surface area contributed by atoms with Gasteiger partial charge in [0.05, 0.1) is 15.9 Å². The third-order valence-electron chi connectivity index (χ3n) is 3.34. The van der Waals surface area contributed by atoms with Crippen LogP contribution in [-0.2, 0) is 0 Å². The van der Waals surface area contributed by atoms with E-state index in [0.29, 0.717) is 10.9 Å². The van der Waals surface area contributed by atoms with Gasteiger partial charge in [0.1, 0.15) is 5.75 Å². The maximum absolute atomic E-state index is 12.5. The number of rotatable bonds is 4. The fourth-order valence-electron chi connectivity index (χ4n) is 2.46. The summed E-state index contributed by atoms with van der Waals surface area (Å²) in [6, 6.07) is 9.08. The van der Waals surface area contributed by atoms with Gasteiger partial charge >= 0.3 is 6.61 Å². The smallest absolute Gasteiger partial charge is 0.387 e. The molecule has 1 aromatic heterocycles. The lowest BCUT2D eigenvalue weighted by Crippen LogP contribution is -2.19. The van der Waals surface area contributed by atoms with Crippen molar-refractivity contribution < 1.29 is 13.5 Å². The van der Waals surface area contributed by atoms with Crippen molar-refractivity contribution in [1.82, 2.24) is 0 Å². The van der Waals surface area contributed by atoms with Gasteiger partial charge in [-0.2, -0.15) is 8.78 Å². The second kappa shape index (κ2) is 6.23. The topological polar surface area (TPSA) is 21.3 Å². The summed E-state index contributed by atoms with van der Waals surface area (Å²) in [6.07, 6.45) is 0.956. The van der Waals surface area contributed by atoms with Gasteiger partial charge in [0.15, 0.2) is 0 Å². The van der Waals surface area contributed by atoms with Gasteiger partial charge in [-0.25, -0.2) is 0 Å². The Hall–Kier alpha value is -1.27. The number of halogens is 2. The first kappa shape index (κ1) is 14.7. The van der Waals surface area contributed by atoms with Crippen LogP contribution in [0.3, 0.4) is 0 Å². The summed E-state index contributed by atoms with van der Waals surface area (Å²) in [4.78, 5) is 0. The number of benzene rings is 1. The maximum Gasteiger partial charge on any atom is 0.387 e. The number of alkyl halides is 2. The van der Waals surface area contributed by atoms with Crippen LogP contribution < -0.4 is 10.1 Å². The highest BCUT2D eigenvalue weighted by Crippen LogP contribution is 2.45. The Labute approximate surface area is 130 Å². The van der Waals surface area contributed by atoms with Gasteiger partial charge in [-0.15, -0.1) is 23.1 Å². The Kier molecular flexibility index (Phi) is 4.35. The lowest BCUT2D eigenvalue weighted by atomic mass is 10.0. The molecule has 0 radical (unpaired) electrons. The van der Waals surface area contributed by atoms with E-state index >= 15 is 0 Å². The SMILES string of the molecule is C[C@H]1CC(Nc2ccccc2OC(F)F)c2ccsc2S1. The van der Waals surface area contributed by atoms with Crippen molar-refractivity contribution in [2.45, 2.75) is 35.5 Å². The Morgan fingerprint density at radius 2 is 2.10 bits per heavy atom. The molecule has 0 spiro atoms. The number of thioether (sulfide) groups is 1. The highest BCUT2D eigenvalue weighted by atomic mass is 32.2. The van der Waals surface area contributed by atoms with Crippen molar-refractivity contribution in [3.8, 4) is 5.75 Å². The normalized spacial score (nSPS) is 21.1. The second-order valence-electron chi connectivity index (χ2n) is 4.90. The van der Waals surface area contributed by atoms with E-state index in [1.54, 1.807) is 29.5 Å². The summed E-state index contributed by atoms with van der Waals surface area (Å²) in [7, 11) is 0. The molecule has 0 saturated carbocycles. The van der Waals surface area contributed by atoms with Crippen LogP contribution in [-0.4, -0.2) is 11.9 Å². The van der Waals surface area contributed by atoms with E-state index in [1.807, 2.05) is 17.8 Å². The van der Waals surface area contributed by atoms with Crippen LogP contribution in [0.1, 0.15) is 24.9 Å². The quantitative estimate of drug-likeness (QED) is 0.814. The number of ether oxygens (including phenoxy) is 1. The van der Waals surface area contributed by atoms with Crippen LogP contribution in [0, 0.1) is 0 Å².